The topological polar surface area (TPSA) is 87.7 Å². The van der Waals surface area contributed by atoms with Gasteiger partial charge in [-0.05, 0) is 75.0 Å². The number of benzene rings is 1. The van der Waals surface area contributed by atoms with Crippen LogP contribution in [0.3, 0.4) is 0 Å². The lowest BCUT2D eigenvalue weighted by Gasteiger charge is -2.38. The van der Waals surface area contributed by atoms with Crippen LogP contribution >= 0.6 is 0 Å². The van der Waals surface area contributed by atoms with Crippen molar-refractivity contribution in [3.8, 4) is 0 Å². The molecule has 3 fully saturated rings. The number of hydrogen-bond donors (Lipinski definition) is 2. The number of anilines is 1. The first kappa shape index (κ1) is 27.3. The highest BCUT2D eigenvalue weighted by molar-refractivity contribution is 6.02. The van der Waals surface area contributed by atoms with Gasteiger partial charge >= 0.3 is 0 Å². The number of fused-ring (bicyclic) bond motifs is 1. The smallest absolute Gasteiger partial charge is 0.246 e. The van der Waals surface area contributed by atoms with E-state index in [4.69, 9.17) is 4.74 Å². The quantitative estimate of drug-likeness (QED) is 0.477. The second-order valence-electron chi connectivity index (χ2n) is 12.8. The van der Waals surface area contributed by atoms with Crippen molar-refractivity contribution in [2.45, 2.75) is 95.9 Å². The molecule has 2 aliphatic carbocycles. The Balaban J connectivity index is 1.29. The van der Waals surface area contributed by atoms with Crippen molar-refractivity contribution in [3.63, 3.8) is 0 Å². The molecule has 1 aromatic rings. The fourth-order valence-corrected chi connectivity index (χ4v) is 7.90. The van der Waals surface area contributed by atoms with Crippen LogP contribution in [0.1, 0.15) is 70.8 Å². The lowest BCUT2D eigenvalue weighted by molar-refractivity contribution is -0.141. The summed E-state index contributed by atoms with van der Waals surface area (Å²) in [4.78, 5) is 43.8. The van der Waals surface area contributed by atoms with Gasteiger partial charge in [0.1, 0.15) is 11.6 Å². The summed E-state index contributed by atoms with van der Waals surface area (Å²) < 4.78 is 6.53. The van der Waals surface area contributed by atoms with Crippen LogP contribution in [0.5, 0.6) is 0 Å². The lowest BCUT2D eigenvalue weighted by Crippen LogP contribution is -2.58. The SMILES string of the molecule is Cc1cccc(NC(=O)C2[C@@H]3C=CC4(O3)C(C(=O)NC3CCCC(C)C3C)N(CCC3=CCCCC3)C(=O)[C@H]24)c1. The molecule has 40 heavy (non-hydrogen) atoms. The summed E-state index contributed by atoms with van der Waals surface area (Å²) in [6.45, 7) is 6.91. The zero-order chi connectivity index (χ0) is 28.0. The van der Waals surface area contributed by atoms with Crippen molar-refractivity contribution in [2.75, 3.05) is 11.9 Å². The number of likely N-dealkylation sites (tertiary alicyclic amines) is 1. The fraction of sp³-hybridized carbons (Fsp3) is 0.606. The maximum absolute atomic E-state index is 14.2. The number of ether oxygens (including phenoxy) is 1. The molecular formula is C33H43N3O4. The second-order valence-corrected chi connectivity index (χ2v) is 12.8. The molecule has 7 heteroatoms. The minimum absolute atomic E-state index is 0.0766. The van der Waals surface area contributed by atoms with Crippen LogP contribution < -0.4 is 10.6 Å². The van der Waals surface area contributed by atoms with Crippen molar-refractivity contribution >= 4 is 23.4 Å². The first-order valence-electron chi connectivity index (χ1n) is 15.3. The number of nitrogens with one attached hydrogen (secondary N) is 2. The molecule has 6 rings (SSSR count). The first-order chi connectivity index (χ1) is 19.3. The summed E-state index contributed by atoms with van der Waals surface area (Å²) >= 11 is 0. The van der Waals surface area contributed by atoms with Gasteiger partial charge in [-0.3, -0.25) is 14.4 Å². The summed E-state index contributed by atoms with van der Waals surface area (Å²) in [5.74, 6) is -1.01. The van der Waals surface area contributed by atoms with Gasteiger partial charge < -0.3 is 20.3 Å². The zero-order valence-electron chi connectivity index (χ0n) is 24.0. The maximum atomic E-state index is 14.2. The Labute approximate surface area is 237 Å². The van der Waals surface area contributed by atoms with E-state index >= 15 is 0 Å². The maximum Gasteiger partial charge on any atom is 0.246 e. The van der Waals surface area contributed by atoms with Crippen molar-refractivity contribution in [1.29, 1.82) is 0 Å². The molecule has 5 aliphatic rings. The van der Waals surface area contributed by atoms with E-state index in [2.05, 4.69) is 30.6 Å². The van der Waals surface area contributed by atoms with Gasteiger partial charge in [0.25, 0.3) is 0 Å². The van der Waals surface area contributed by atoms with Gasteiger partial charge in [-0.15, -0.1) is 0 Å². The minimum Gasteiger partial charge on any atom is -0.359 e. The number of hydrogen-bond acceptors (Lipinski definition) is 4. The van der Waals surface area contributed by atoms with Crippen molar-refractivity contribution < 1.29 is 19.1 Å². The number of carbonyl (C=O) groups is 3. The highest BCUT2D eigenvalue weighted by atomic mass is 16.5. The molecule has 1 aromatic carbocycles. The van der Waals surface area contributed by atoms with Crippen LogP contribution in [0, 0.1) is 30.6 Å². The van der Waals surface area contributed by atoms with Gasteiger partial charge in [-0.25, -0.2) is 0 Å². The predicted molar refractivity (Wildman–Crippen MR) is 154 cm³/mol. The monoisotopic (exact) mass is 545 g/mol. The van der Waals surface area contributed by atoms with Crippen LogP contribution in [0.2, 0.25) is 0 Å². The molecule has 1 spiro atoms. The molecule has 3 heterocycles. The average molecular weight is 546 g/mol. The molecule has 6 unspecified atom stereocenters. The highest BCUT2D eigenvalue weighted by Crippen LogP contribution is 2.55. The van der Waals surface area contributed by atoms with E-state index in [0.717, 1.165) is 37.7 Å². The number of aryl methyl sites for hydroxylation is 1. The summed E-state index contributed by atoms with van der Waals surface area (Å²) in [6.07, 6.45) is 14.0. The zero-order valence-corrected chi connectivity index (χ0v) is 24.0. The van der Waals surface area contributed by atoms with Crippen molar-refractivity contribution in [3.05, 3.63) is 53.6 Å². The molecule has 2 N–H and O–H groups in total. The van der Waals surface area contributed by atoms with E-state index in [1.807, 2.05) is 43.3 Å². The molecule has 3 aliphatic heterocycles. The Morgan fingerprint density at radius 1 is 1.12 bits per heavy atom. The molecule has 8 atom stereocenters. The summed E-state index contributed by atoms with van der Waals surface area (Å²) in [5, 5.41) is 6.37. The van der Waals surface area contributed by atoms with E-state index in [-0.39, 0.29) is 23.8 Å². The van der Waals surface area contributed by atoms with E-state index in [0.29, 0.717) is 24.1 Å². The number of allylic oxidation sites excluding steroid dienone is 1. The van der Waals surface area contributed by atoms with Crippen molar-refractivity contribution in [2.24, 2.45) is 23.7 Å². The van der Waals surface area contributed by atoms with Crippen LogP contribution in [0.4, 0.5) is 5.69 Å². The standard InChI is InChI=1S/C33H43N3O4/c1-20-9-7-13-24(19-20)34-30(37)27-26-15-17-33(40-26)28(27)32(39)36(18-16-23-11-5-4-6-12-23)29(33)31(38)35-25-14-8-10-21(2)22(25)3/h7,9,11,13,15,17,19,21-22,25-29H,4-6,8,10,12,14,16,18H2,1-3H3,(H,34,37)(H,35,38)/t21?,22?,25?,26-,27?,28-,29?,33?/m0/s1. The molecule has 0 aromatic heterocycles. The Hall–Kier alpha value is -2.93. The lowest BCUT2D eigenvalue weighted by atomic mass is 9.73. The molecular weight excluding hydrogens is 502 g/mol. The van der Waals surface area contributed by atoms with Gasteiger partial charge in [-0.2, -0.15) is 0 Å². The number of rotatable bonds is 7. The molecule has 2 bridgehead atoms. The van der Waals surface area contributed by atoms with Gasteiger partial charge in [0, 0.05) is 18.3 Å². The summed E-state index contributed by atoms with van der Waals surface area (Å²) in [6, 6.07) is 6.95. The average Bonchev–Trinajstić information content (AvgIpc) is 3.58. The highest BCUT2D eigenvalue weighted by Gasteiger charge is 2.72. The Morgan fingerprint density at radius 3 is 2.75 bits per heavy atom. The molecule has 7 nitrogen and oxygen atoms in total. The number of amides is 3. The second kappa shape index (κ2) is 10.8. The Bertz CT molecular complexity index is 1240. The predicted octanol–water partition coefficient (Wildman–Crippen LogP) is 4.92. The molecule has 1 saturated carbocycles. The third kappa shape index (κ3) is 4.70. The van der Waals surface area contributed by atoms with E-state index in [9.17, 15) is 14.4 Å². The van der Waals surface area contributed by atoms with Crippen LogP contribution in [-0.4, -0.2) is 53.0 Å². The molecule has 3 amide bonds. The summed E-state index contributed by atoms with van der Waals surface area (Å²) in [5.41, 5.74) is 1.98. The van der Waals surface area contributed by atoms with E-state index in [1.54, 1.807) is 4.90 Å². The summed E-state index contributed by atoms with van der Waals surface area (Å²) in [7, 11) is 0. The Morgan fingerprint density at radius 2 is 1.98 bits per heavy atom. The molecule has 0 radical (unpaired) electrons. The largest absolute Gasteiger partial charge is 0.359 e. The first-order valence-corrected chi connectivity index (χ1v) is 15.3. The fourth-order valence-electron chi connectivity index (χ4n) is 7.90. The Kier molecular flexibility index (Phi) is 7.36. The normalized spacial score (nSPS) is 36.4. The number of carbonyl (C=O) groups excluding carboxylic acids is 3. The molecule has 2 saturated heterocycles. The van der Waals surface area contributed by atoms with Gasteiger partial charge in [0.05, 0.1) is 17.9 Å². The third-order valence-electron chi connectivity index (χ3n) is 10.3. The van der Waals surface area contributed by atoms with Gasteiger partial charge in [-0.1, -0.05) is 62.6 Å². The van der Waals surface area contributed by atoms with E-state index < -0.39 is 29.6 Å². The van der Waals surface area contributed by atoms with Gasteiger partial charge in [0.2, 0.25) is 17.7 Å². The minimum atomic E-state index is -1.12. The third-order valence-corrected chi connectivity index (χ3v) is 10.3. The van der Waals surface area contributed by atoms with Crippen LogP contribution in [0.25, 0.3) is 0 Å². The molecule has 214 valence electrons. The number of nitrogens with zero attached hydrogens (tertiary/aromatic N) is 1. The van der Waals surface area contributed by atoms with Crippen LogP contribution in [-0.2, 0) is 19.1 Å². The van der Waals surface area contributed by atoms with E-state index in [1.165, 1.54) is 24.8 Å². The van der Waals surface area contributed by atoms with Gasteiger partial charge in [0.15, 0.2) is 0 Å². The van der Waals surface area contributed by atoms with Crippen molar-refractivity contribution in [1.82, 2.24) is 10.2 Å². The van der Waals surface area contributed by atoms with Crippen LogP contribution in [0.15, 0.2) is 48.1 Å².